The molecule has 0 fully saturated rings. The molecule has 1 amide bonds. The fourth-order valence-corrected chi connectivity index (χ4v) is 2.33. The summed E-state index contributed by atoms with van der Waals surface area (Å²) in [5, 5.41) is 13.1. The number of ether oxygens (including phenoxy) is 2. The van der Waals surface area contributed by atoms with Gasteiger partial charge < -0.3 is 19.9 Å². The molecule has 0 aliphatic carbocycles. The van der Waals surface area contributed by atoms with Crippen LogP contribution in [0.4, 0.5) is 5.82 Å². The number of methoxy groups -OCH3 is 2. The molecule has 2 N–H and O–H groups in total. The smallest absolute Gasteiger partial charge is 0.225 e. The molecule has 1 unspecified atom stereocenters. The summed E-state index contributed by atoms with van der Waals surface area (Å²) >= 11 is 0. The van der Waals surface area contributed by atoms with Crippen LogP contribution in [0, 0.1) is 6.92 Å². The topological polar surface area (TPSA) is 80.7 Å². The number of aryl methyl sites for hydroxylation is 1. The monoisotopic (exact) mass is 330 g/mol. The highest BCUT2D eigenvalue weighted by molar-refractivity contribution is 5.89. The van der Waals surface area contributed by atoms with Crippen LogP contribution in [-0.2, 0) is 4.79 Å². The lowest BCUT2D eigenvalue weighted by Gasteiger charge is -2.15. The first-order chi connectivity index (χ1) is 11.5. The Bertz CT molecular complexity index is 703. The second kappa shape index (κ2) is 8.31. The molecule has 128 valence electrons. The number of hydrogen-bond acceptors (Lipinski definition) is 5. The number of anilines is 1. The van der Waals surface area contributed by atoms with Crippen molar-refractivity contribution in [2.75, 3.05) is 19.5 Å². The lowest BCUT2D eigenvalue weighted by Crippen LogP contribution is -2.14. The average Bonchev–Trinajstić information content (AvgIpc) is 2.59. The van der Waals surface area contributed by atoms with Gasteiger partial charge in [0.05, 0.1) is 20.3 Å². The molecule has 1 heterocycles. The largest absolute Gasteiger partial charge is 0.497 e. The zero-order valence-corrected chi connectivity index (χ0v) is 14.1. The van der Waals surface area contributed by atoms with E-state index in [1.165, 1.54) is 7.11 Å². The maximum atomic E-state index is 12.0. The van der Waals surface area contributed by atoms with E-state index in [1.54, 1.807) is 37.6 Å². The van der Waals surface area contributed by atoms with E-state index >= 15 is 0 Å². The normalized spacial score (nSPS) is 11.7. The molecule has 2 rings (SSSR count). The maximum absolute atomic E-state index is 12.0. The Labute approximate surface area is 141 Å². The Kier molecular flexibility index (Phi) is 6.14. The van der Waals surface area contributed by atoms with Crippen molar-refractivity contribution in [1.29, 1.82) is 0 Å². The first kappa shape index (κ1) is 17.7. The Morgan fingerprint density at radius 3 is 2.71 bits per heavy atom. The van der Waals surface area contributed by atoms with E-state index in [-0.39, 0.29) is 18.7 Å². The van der Waals surface area contributed by atoms with Gasteiger partial charge in [-0.1, -0.05) is 0 Å². The number of aliphatic hydroxyl groups excluding tert-OH is 1. The van der Waals surface area contributed by atoms with Crippen LogP contribution >= 0.6 is 0 Å². The molecule has 0 aliphatic heterocycles. The highest BCUT2D eigenvalue weighted by atomic mass is 16.5. The molecule has 1 atom stereocenters. The van der Waals surface area contributed by atoms with E-state index < -0.39 is 6.10 Å². The third-order valence-electron chi connectivity index (χ3n) is 3.63. The van der Waals surface area contributed by atoms with Crippen LogP contribution in [-0.4, -0.2) is 30.2 Å². The predicted molar refractivity (Wildman–Crippen MR) is 91.3 cm³/mol. The van der Waals surface area contributed by atoms with Crippen molar-refractivity contribution >= 4 is 11.7 Å². The molecule has 2 aromatic rings. The Balaban J connectivity index is 1.95. The van der Waals surface area contributed by atoms with Crippen LogP contribution in [0.1, 0.15) is 30.1 Å². The lowest BCUT2D eigenvalue weighted by atomic mass is 10.0. The molecule has 0 spiro atoms. The van der Waals surface area contributed by atoms with Gasteiger partial charge in [0.25, 0.3) is 0 Å². The van der Waals surface area contributed by atoms with Crippen LogP contribution in [0.3, 0.4) is 0 Å². The molecule has 6 heteroatoms. The maximum Gasteiger partial charge on any atom is 0.225 e. The highest BCUT2D eigenvalue weighted by Crippen LogP contribution is 2.31. The quantitative estimate of drug-likeness (QED) is 0.816. The minimum Gasteiger partial charge on any atom is -0.497 e. The van der Waals surface area contributed by atoms with E-state index in [0.29, 0.717) is 22.9 Å². The number of aliphatic hydroxyl groups is 1. The minimum atomic E-state index is -0.804. The van der Waals surface area contributed by atoms with Crippen LogP contribution in [0.5, 0.6) is 11.5 Å². The molecule has 0 saturated carbocycles. The van der Waals surface area contributed by atoms with E-state index in [2.05, 4.69) is 10.3 Å². The summed E-state index contributed by atoms with van der Waals surface area (Å²) in [6.45, 7) is 1.93. The molecule has 1 aromatic heterocycles. The first-order valence-corrected chi connectivity index (χ1v) is 7.66. The summed E-state index contributed by atoms with van der Waals surface area (Å²) in [6.07, 6.45) is 1.29. The zero-order chi connectivity index (χ0) is 17.5. The van der Waals surface area contributed by atoms with Gasteiger partial charge >= 0.3 is 0 Å². The van der Waals surface area contributed by atoms with E-state index in [4.69, 9.17) is 9.47 Å². The van der Waals surface area contributed by atoms with E-state index in [9.17, 15) is 9.90 Å². The summed E-state index contributed by atoms with van der Waals surface area (Å²) in [5.41, 5.74) is 1.64. The summed E-state index contributed by atoms with van der Waals surface area (Å²) < 4.78 is 10.4. The third-order valence-corrected chi connectivity index (χ3v) is 3.63. The molecular formula is C18H22N2O4. The molecule has 0 saturated heterocycles. The number of rotatable bonds is 7. The molecule has 1 aromatic carbocycles. The fraction of sp³-hybridized carbons (Fsp3) is 0.333. The van der Waals surface area contributed by atoms with Gasteiger partial charge in [-0.2, -0.15) is 0 Å². The van der Waals surface area contributed by atoms with Gasteiger partial charge in [0.2, 0.25) is 5.91 Å². The number of aromatic nitrogens is 1. The molecule has 0 radical (unpaired) electrons. The van der Waals surface area contributed by atoms with Gasteiger partial charge in [-0.3, -0.25) is 4.79 Å². The van der Waals surface area contributed by atoms with Crippen LogP contribution in [0.2, 0.25) is 0 Å². The van der Waals surface area contributed by atoms with Crippen molar-refractivity contribution in [3.8, 4) is 11.5 Å². The van der Waals surface area contributed by atoms with E-state index in [0.717, 1.165) is 5.56 Å². The van der Waals surface area contributed by atoms with Gasteiger partial charge in [-0.05, 0) is 43.2 Å². The molecule has 6 nitrogen and oxygen atoms in total. The van der Waals surface area contributed by atoms with Gasteiger partial charge in [0.1, 0.15) is 17.3 Å². The molecule has 24 heavy (non-hydrogen) atoms. The average molecular weight is 330 g/mol. The second-order valence-electron chi connectivity index (χ2n) is 5.43. The lowest BCUT2D eigenvalue weighted by molar-refractivity contribution is -0.116. The van der Waals surface area contributed by atoms with Gasteiger partial charge in [-0.15, -0.1) is 0 Å². The minimum absolute atomic E-state index is 0.173. The summed E-state index contributed by atoms with van der Waals surface area (Å²) in [6, 6.07) is 8.84. The number of nitrogens with one attached hydrogen (secondary N) is 1. The van der Waals surface area contributed by atoms with Gasteiger partial charge in [0, 0.05) is 24.2 Å². The Hall–Kier alpha value is -2.60. The Morgan fingerprint density at radius 1 is 1.25 bits per heavy atom. The summed E-state index contributed by atoms with van der Waals surface area (Å²) in [4.78, 5) is 16.1. The number of carbonyl (C=O) groups excluding carboxylic acids is 1. The van der Waals surface area contributed by atoms with Gasteiger partial charge in [-0.25, -0.2) is 4.98 Å². The van der Waals surface area contributed by atoms with Crippen LogP contribution < -0.4 is 14.8 Å². The fourth-order valence-electron chi connectivity index (χ4n) is 2.33. The van der Waals surface area contributed by atoms with Crippen molar-refractivity contribution in [3.63, 3.8) is 0 Å². The van der Waals surface area contributed by atoms with Crippen molar-refractivity contribution < 1.29 is 19.4 Å². The number of pyridine rings is 1. The predicted octanol–water partition coefficient (Wildman–Crippen LogP) is 2.86. The van der Waals surface area contributed by atoms with Crippen LogP contribution in [0.25, 0.3) is 0 Å². The van der Waals surface area contributed by atoms with Crippen LogP contribution in [0.15, 0.2) is 36.5 Å². The second-order valence-corrected chi connectivity index (χ2v) is 5.43. The van der Waals surface area contributed by atoms with Gasteiger partial charge in [0.15, 0.2) is 0 Å². The van der Waals surface area contributed by atoms with Crippen molar-refractivity contribution in [2.24, 2.45) is 0 Å². The van der Waals surface area contributed by atoms with Crippen molar-refractivity contribution in [1.82, 2.24) is 4.98 Å². The standard InChI is InChI=1S/C18H22N2O4/c1-12-8-9-19-17(10-12)20-18(22)7-6-15(21)14-5-4-13(23-2)11-16(14)24-3/h4-5,8-11,15,21H,6-7H2,1-3H3,(H,19,20,22). The molecule has 0 bridgehead atoms. The third kappa shape index (κ3) is 4.70. The first-order valence-electron chi connectivity index (χ1n) is 7.66. The summed E-state index contributed by atoms with van der Waals surface area (Å²) in [5.74, 6) is 1.49. The van der Waals surface area contributed by atoms with Crippen molar-refractivity contribution in [2.45, 2.75) is 25.9 Å². The number of benzene rings is 1. The van der Waals surface area contributed by atoms with Crippen molar-refractivity contribution in [3.05, 3.63) is 47.7 Å². The highest BCUT2D eigenvalue weighted by Gasteiger charge is 2.16. The molecular weight excluding hydrogens is 308 g/mol. The number of amides is 1. The number of carbonyl (C=O) groups is 1. The number of hydrogen-bond donors (Lipinski definition) is 2. The zero-order valence-electron chi connectivity index (χ0n) is 14.1. The molecule has 0 aliphatic rings. The van der Waals surface area contributed by atoms with E-state index in [1.807, 2.05) is 13.0 Å². The SMILES string of the molecule is COc1ccc(C(O)CCC(=O)Nc2cc(C)ccn2)c(OC)c1. The Morgan fingerprint density at radius 2 is 2.04 bits per heavy atom. The summed E-state index contributed by atoms with van der Waals surface area (Å²) in [7, 11) is 3.09. The number of nitrogens with zero attached hydrogens (tertiary/aromatic N) is 1.